The molecule has 0 bridgehead atoms. The molecule has 2 aliphatic heterocycles. The number of aliphatic carboxylic acids is 1. The van der Waals surface area contributed by atoms with E-state index in [0.29, 0.717) is 42.7 Å². The highest BCUT2D eigenvalue weighted by molar-refractivity contribution is 7.99. The molecule has 9 nitrogen and oxygen atoms in total. The highest BCUT2D eigenvalue weighted by atomic mass is 35.5. The van der Waals surface area contributed by atoms with Gasteiger partial charge in [0, 0.05) is 31.3 Å². The van der Waals surface area contributed by atoms with Crippen molar-refractivity contribution in [2.45, 2.75) is 43.6 Å². The number of benzene rings is 1. The number of thioether (sulfide) groups is 1. The number of anilines is 2. The summed E-state index contributed by atoms with van der Waals surface area (Å²) in [6.07, 6.45) is -1.03. The summed E-state index contributed by atoms with van der Waals surface area (Å²) in [6.45, 7) is 2.31. The second kappa shape index (κ2) is 15.0. The molecule has 1 aromatic carbocycles. The van der Waals surface area contributed by atoms with Crippen LogP contribution in [0.5, 0.6) is 0 Å². The summed E-state index contributed by atoms with van der Waals surface area (Å²) in [6, 6.07) is 6.33. The van der Waals surface area contributed by atoms with Crippen LogP contribution in [0.15, 0.2) is 24.3 Å². The number of hydrogen-bond donors (Lipinski definition) is 4. The third-order valence-corrected chi connectivity index (χ3v) is 7.45. The number of ether oxygens (including phenoxy) is 2. The minimum absolute atomic E-state index is 0.00478. The van der Waals surface area contributed by atoms with Crippen molar-refractivity contribution in [1.29, 1.82) is 0 Å². The summed E-state index contributed by atoms with van der Waals surface area (Å²) in [7, 11) is 0. The van der Waals surface area contributed by atoms with Crippen LogP contribution < -0.4 is 10.6 Å². The van der Waals surface area contributed by atoms with Gasteiger partial charge in [-0.25, -0.2) is 19.2 Å². The number of alkyl halides is 3. The van der Waals surface area contributed by atoms with Gasteiger partial charge in [0.25, 0.3) is 0 Å². The van der Waals surface area contributed by atoms with E-state index in [9.17, 15) is 22.7 Å². The molecule has 0 aliphatic carbocycles. The number of aliphatic hydroxyl groups excluding tert-OH is 1. The van der Waals surface area contributed by atoms with E-state index in [1.807, 2.05) is 17.8 Å². The molecule has 4 N–H and O–H groups in total. The fourth-order valence-electron chi connectivity index (χ4n) is 4.05. The third kappa shape index (κ3) is 9.91. The smallest absolute Gasteiger partial charge is 0.475 e. The summed E-state index contributed by atoms with van der Waals surface area (Å²) >= 11 is 7.92. The number of hydrogen-bond acceptors (Lipinski definition) is 9. The lowest BCUT2D eigenvalue weighted by Gasteiger charge is -2.37. The Morgan fingerprint density at radius 1 is 1.20 bits per heavy atom. The number of halogens is 5. The summed E-state index contributed by atoms with van der Waals surface area (Å²) in [4.78, 5) is 18.2. The standard InChI is InChI=1S/C23H30ClFN4O3S.C2HF3O2/c24-18-12-16(3-4-19(18)25)22-28-20(26-14-17-2-1-8-31-17)13-21(29-22)27-15-23(32-9-7-30)5-10-33-11-6-23;3-2(4,5)1(6)7/h3-4,12-13,17,30H,1-2,5-11,14-15H2,(H2,26,27,28,29);(H,6,7)/t17-;/m1./s1. The van der Waals surface area contributed by atoms with E-state index < -0.39 is 18.0 Å². The zero-order chi connectivity index (χ0) is 29.2. The first kappa shape index (κ1) is 32.1. The number of nitrogens with zero attached hydrogens (tertiary/aromatic N) is 2. The van der Waals surface area contributed by atoms with Crippen molar-refractivity contribution in [3.05, 3.63) is 35.1 Å². The SMILES string of the molecule is O=C(O)C(F)(F)F.OCCOC1(CNc2cc(NC[C@H]3CCCO3)nc(-c3ccc(F)c(Cl)c3)n2)CCSCC1. The van der Waals surface area contributed by atoms with Gasteiger partial charge in [-0.3, -0.25) is 0 Å². The second-order valence-corrected chi connectivity index (χ2v) is 10.8. The predicted octanol–water partition coefficient (Wildman–Crippen LogP) is 4.85. The molecule has 1 aromatic heterocycles. The predicted molar refractivity (Wildman–Crippen MR) is 144 cm³/mol. The van der Waals surface area contributed by atoms with Crippen LogP contribution in [-0.4, -0.2) is 88.4 Å². The summed E-state index contributed by atoms with van der Waals surface area (Å²) in [5, 5.41) is 23.2. The Bertz CT molecular complexity index is 1120. The number of carboxylic acids is 1. The highest BCUT2D eigenvalue weighted by Gasteiger charge is 2.38. The van der Waals surface area contributed by atoms with Gasteiger partial charge < -0.3 is 30.3 Å². The summed E-state index contributed by atoms with van der Waals surface area (Å²) in [5.41, 5.74) is 0.286. The molecule has 40 heavy (non-hydrogen) atoms. The normalized spacial score (nSPS) is 18.5. The Balaban J connectivity index is 0.000000559. The molecule has 2 saturated heterocycles. The first-order valence-corrected chi connectivity index (χ1v) is 14.1. The van der Waals surface area contributed by atoms with E-state index in [1.165, 1.54) is 12.1 Å². The van der Waals surface area contributed by atoms with Crippen LogP contribution in [0.1, 0.15) is 25.7 Å². The lowest BCUT2D eigenvalue weighted by atomic mass is 9.96. The molecule has 0 saturated carbocycles. The van der Waals surface area contributed by atoms with Crippen LogP contribution in [0.2, 0.25) is 5.02 Å². The Morgan fingerprint density at radius 3 is 2.45 bits per heavy atom. The minimum atomic E-state index is -5.08. The number of rotatable bonds is 10. The van der Waals surface area contributed by atoms with Crippen molar-refractivity contribution in [2.75, 3.05) is 55.0 Å². The van der Waals surface area contributed by atoms with Gasteiger partial charge in [-0.05, 0) is 55.4 Å². The maximum absolute atomic E-state index is 13.7. The number of carbonyl (C=O) groups is 1. The topological polar surface area (TPSA) is 126 Å². The lowest BCUT2D eigenvalue weighted by Crippen LogP contribution is -2.44. The summed E-state index contributed by atoms with van der Waals surface area (Å²) < 4.78 is 57.2. The highest BCUT2D eigenvalue weighted by Crippen LogP contribution is 2.31. The van der Waals surface area contributed by atoms with Crippen LogP contribution in [0.25, 0.3) is 11.4 Å². The molecule has 15 heteroatoms. The quantitative estimate of drug-likeness (QED) is 0.278. The number of nitrogens with one attached hydrogen (secondary N) is 2. The van der Waals surface area contributed by atoms with E-state index >= 15 is 0 Å². The van der Waals surface area contributed by atoms with Crippen molar-refractivity contribution < 1.29 is 42.0 Å². The molecule has 4 rings (SSSR count). The lowest BCUT2D eigenvalue weighted by molar-refractivity contribution is -0.192. The van der Waals surface area contributed by atoms with E-state index in [1.54, 1.807) is 6.07 Å². The zero-order valence-corrected chi connectivity index (χ0v) is 23.0. The fraction of sp³-hybridized carbons (Fsp3) is 0.560. The van der Waals surface area contributed by atoms with Gasteiger partial charge in [0.15, 0.2) is 5.82 Å². The second-order valence-electron chi connectivity index (χ2n) is 9.13. The largest absolute Gasteiger partial charge is 0.490 e. The van der Waals surface area contributed by atoms with Crippen molar-refractivity contribution in [1.82, 2.24) is 9.97 Å². The van der Waals surface area contributed by atoms with Crippen LogP contribution in [0.3, 0.4) is 0 Å². The minimum Gasteiger partial charge on any atom is -0.475 e. The Morgan fingerprint density at radius 2 is 1.88 bits per heavy atom. The van der Waals surface area contributed by atoms with Gasteiger partial charge in [-0.2, -0.15) is 24.9 Å². The van der Waals surface area contributed by atoms with Gasteiger partial charge in [-0.15, -0.1) is 0 Å². The van der Waals surface area contributed by atoms with Crippen LogP contribution in [0, 0.1) is 5.82 Å². The van der Waals surface area contributed by atoms with Crippen molar-refractivity contribution in [3.63, 3.8) is 0 Å². The van der Waals surface area contributed by atoms with E-state index in [0.717, 1.165) is 43.8 Å². The molecular weight excluding hydrogens is 580 g/mol. The monoisotopic (exact) mass is 610 g/mol. The van der Waals surface area contributed by atoms with Crippen molar-refractivity contribution in [2.24, 2.45) is 0 Å². The maximum Gasteiger partial charge on any atom is 0.490 e. The number of aromatic nitrogens is 2. The maximum atomic E-state index is 13.7. The first-order valence-electron chi connectivity index (χ1n) is 12.6. The molecule has 0 radical (unpaired) electrons. The van der Waals surface area contributed by atoms with Crippen molar-refractivity contribution >= 4 is 41.0 Å². The average Bonchev–Trinajstić information content (AvgIpc) is 3.45. The first-order chi connectivity index (χ1) is 19.0. The Kier molecular flexibility index (Phi) is 12.1. The van der Waals surface area contributed by atoms with Gasteiger partial charge in [0.2, 0.25) is 0 Å². The average molecular weight is 611 g/mol. The van der Waals surface area contributed by atoms with Crippen molar-refractivity contribution in [3.8, 4) is 11.4 Å². The number of aliphatic hydroxyl groups is 1. The number of carboxylic acid groups (broad SMARTS) is 1. The van der Waals surface area contributed by atoms with Crippen LogP contribution >= 0.6 is 23.4 Å². The molecule has 0 unspecified atom stereocenters. The van der Waals surface area contributed by atoms with Gasteiger partial charge in [-0.1, -0.05) is 11.6 Å². The zero-order valence-electron chi connectivity index (χ0n) is 21.5. The molecule has 2 aliphatic rings. The Hall–Kier alpha value is -2.39. The molecule has 222 valence electrons. The molecule has 0 amide bonds. The van der Waals surface area contributed by atoms with E-state index in [4.69, 9.17) is 31.0 Å². The molecule has 3 heterocycles. The molecule has 2 fully saturated rings. The van der Waals surface area contributed by atoms with E-state index in [2.05, 4.69) is 20.6 Å². The fourth-order valence-corrected chi connectivity index (χ4v) is 5.46. The molecule has 0 spiro atoms. The summed E-state index contributed by atoms with van der Waals surface area (Å²) in [5.74, 6) is 0.538. The molecule has 1 atom stereocenters. The molecular formula is C25H31ClF4N4O5S. The van der Waals surface area contributed by atoms with Gasteiger partial charge in [0.05, 0.1) is 29.9 Å². The van der Waals surface area contributed by atoms with Gasteiger partial charge >= 0.3 is 12.1 Å². The van der Waals surface area contributed by atoms with Crippen LogP contribution in [0.4, 0.5) is 29.2 Å². The van der Waals surface area contributed by atoms with Crippen LogP contribution in [-0.2, 0) is 14.3 Å². The molecule has 2 aromatic rings. The Labute approximate surface area is 238 Å². The van der Waals surface area contributed by atoms with Gasteiger partial charge in [0.1, 0.15) is 17.5 Å². The third-order valence-electron chi connectivity index (χ3n) is 6.18. The van der Waals surface area contributed by atoms with E-state index in [-0.39, 0.29) is 23.3 Å².